The Morgan fingerprint density at radius 3 is 2.19 bits per heavy atom. The molecule has 2 aromatic carbocycles. The van der Waals surface area contributed by atoms with Crippen LogP contribution in [0.4, 0.5) is 23.4 Å². The predicted molar refractivity (Wildman–Crippen MR) is 153 cm³/mol. The molecular formula is C31H29F4N5O3. The van der Waals surface area contributed by atoms with E-state index in [0.29, 0.717) is 29.2 Å². The van der Waals surface area contributed by atoms with E-state index in [-0.39, 0.29) is 22.8 Å². The predicted octanol–water partition coefficient (Wildman–Crippen LogP) is 5.85. The van der Waals surface area contributed by atoms with Gasteiger partial charge >= 0.3 is 0 Å². The Kier molecular flexibility index (Phi) is 9.80. The van der Waals surface area contributed by atoms with Gasteiger partial charge in [0.25, 0.3) is 11.8 Å². The van der Waals surface area contributed by atoms with E-state index in [9.17, 15) is 22.5 Å². The topological polar surface area (TPSA) is 97.4 Å². The standard InChI is InChI=1S/C27H20F4N4O3.C4H9N/c28-18-4-1-15(2-5-18)22-11-19(13-34-26(22)37-20-7-8-32-14-20)35-25(36)17-9-21(27(38-31)33-12-17)16-3-6-23(29)24(30)10-16;1-2-4-5-3-1/h1-6,9-13,20,32H,7-8,14H2,(H,35,36);5H,1-4H2. The largest absolute Gasteiger partial charge is 0.473 e. The van der Waals surface area contributed by atoms with Crippen LogP contribution in [0.15, 0.2) is 67.0 Å². The van der Waals surface area contributed by atoms with Gasteiger partial charge in [-0.2, -0.15) is 0 Å². The minimum atomic E-state index is -1.16. The molecule has 1 unspecified atom stereocenters. The van der Waals surface area contributed by atoms with Crippen LogP contribution in [0.25, 0.3) is 22.3 Å². The van der Waals surface area contributed by atoms with Gasteiger partial charge in [-0.05, 0) is 86.4 Å². The molecule has 43 heavy (non-hydrogen) atoms. The van der Waals surface area contributed by atoms with Crippen LogP contribution >= 0.6 is 0 Å². The summed E-state index contributed by atoms with van der Waals surface area (Å²) in [4.78, 5) is 24.9. The Balaban J connectivity index is 0.000000668. The van der Waals surface area contributed by atoms with Crippen LogP contribution in [0.5, 0.6) is 11.8 Å². The van der Waals surface area contributed by atoms with Gasteiger partial charge in [0.2, 0.25) is 5.88 Å². The first-order chi connectivity index (χ1) is 20.9. The maximum atomic E-state index is 13.8. The lowest BCUT2D eigenvalue weighted by Gasteiger charge is -2.16. The van der Waals surface area contributed by atoms with Crippen LogP contribution in [-0.4, -0.2) is 48.2 Å². The van der Waals surface area contributed by atoms with Gasteiger partial charge in [0.1, 0.15) is 11.9 Å². The lowest BCUT2D eigenvalue weighted by atomic mass is 10.0. The van der Waals surface area contributed by atoms with Crippen molar-refractivity contribution < 1.29 is 32.2 Å². The zero-order valence-electron chi connectivity index (χ0n) is 23.0. The van der Waals surface area contributed by atoms with Crippen molar-refractivity contribution in [1.29, 1.82) is 0 Å². The number of amides is 1. The van der Waals surface area contributed by atoms with Crippen molar-refractivity contribution in [3.05, 3.63) is 90.0 Å². The summed E-state index contributed by atoms with van der Waals surface area (Å²) in [5, 5.41) is 9.12. The first-order valence-corrected chi connectivity index (χ1v) is 13.8. The molecule has 2 saturated heterocycles. The fourth-order valence-corrected chi connectivity index (χ4v) is 4.67. The highest BCUT2D eigenvalue weighted by atomic mass is 19.3. The lowest BCUT2D eigenvalue weighted by molar-refractivity contribution is -0.0111. The monoisotopic (exact) mass is 595 g/mol. The molecule has 6 rings (SSSR count). The maximum absolute atomic E-state index is 13.8. The molecule has 4 aromatic rings. The number of nitrogens with one attached hydrogen (secondary N) is 3. The molecule has 1 amide bonds. The Labute approximate surface area is 245 Å². The molecule has 0 aliphatic carbocycles. The Bertz CT molecular complexity index is 1550. The van der Waals surface area contributed by atoms with Gasteiger partial charge in [-0.25, -0.2) is 23.1 Å². The third kappa shape index (κ3) is 7.65. The van der Waals surface area contributed by atoms with E-state index in [1.165, 1.54) is 56.4 Å². The Morgan fingerprint density at radius 1 is 0.814 bits per heavy atom. The maximum Gasteiger partial charge on any atom is 0.270 e. The summed E-state index contributed by atoms with van der Waals surface area (Å²) < 4.78 is 59.8. The number of rotatable bonds is 7. The molecule has 2 fully saturated rings. The van der Waals surface area contributed by atoms with Crippen molar-refractivity contribution in [3.8, 4) is 34.0 Å². The van der Waals surface area contributed by atoms with Crippen molar-refractivity contribution in [2.75, 3.05) is 31.5 Å². The normalized spacial score (nSPS) is 15.9. The SMILES string of the molecule is C1CCNC1.O=C(Nc1cnc(OC2CCNC2)c(-c2ccc(F)cc2)c1)c1cnc(OF)c(-c2ccc(F)c(F)c2)c1. The summed E-state index contributed by atoms with van der Waals surface area (Å²) in [5.41, 5.74) is 1.46. The Morgan fingerprint density at radius 2 is 1.53 bits per heavy atom. The van der Waals surface area contributed by atoms with Crippen LogP contribution in [0.3, 0.4) is 0 Å². The molecule has 224 valence electrons. The molecule has 2 aliphatic rings. The molecular weight excluding hydrogens is 566 g/mol. The zero-order valence-corrected chi connectivity index (χ0v) is 23.0. The van der Waals surface area contributed by atoms with Crippen LogP contribution in [0.2, 0.25) is 0 Å². The van der Waals surface area contributed by atoms with Crippen molar-refractivity contribution >= 4 is 11.6 Å². The van der Waals surface area contributed by atoms with Crippen LogP contribution < -0.4 is 25.6 Å². The number of aromatic nitrogens is 2. The number of ether oxygens (including phenoxy) is 1. The van der Waals surface area contributed by atoms with E-state index < -0.39 is 29.2 Å². The third-order valence-corrected chi connectivity index (χ3v) is 6.93. The first-order valence-electron chi connectivity index (χ1n) is 13.8. The lowest BCUT2D eigenvalue weighted by Crippen LogP contribution is -2.20. The number of anilines is 1. The van der Waals surface area contributed by atoms with E-state index >= 15 is 0 Å². The highest BCUT2D eigenvalue weighted by Gasteiger charge is 2.21. The van der Waals surface area contributed by atoms with E-state index in [0.717, 1.165) is 31.3 Å². The zero-order chi connectivity index (χ0) is 30.2. The van der Waals surface area contributed by atoms with Gasteiger partial charge in [0.05, 0.1) is 17.4 Å². The molecule has 4 heterocycles. The second kappa shape index (κ2) is 14.1. The summed E-state index contributed by atoms with van der Waals surface area (Å²) in [7, 11) is 0. The number of hydrogen-bond donors (Lipinski definition) is 3. The fourth-order valence-electron chi connectivity index (χ4n) is 4.67. The smallest absolute Gasteiger partial charge is 0.270 e. The van der Waals surface area contributed by atoms with Crippen LogP contribution in [0.1, 0.15) is 29.6 Å². The van der Waals surface area contributed by atoms with E-state index in [1.807, 2.05) is 0 Å². The quantitative estimate of drug-likeness (QED) is 0.231. The Hall–Kier alpha value is -4.55. The number of benzene rings is 2. The second-order valence-electron chi connectivity index (χ2n) is 10.0. The number of hydrogen-bond acceptors (Lipinski definition) is 7. The second-order valence-corrected chi connectivity index (χ2v) is 10.0. The van der Waals surface area contributed by atoms with E-state index in [2.05, 4.69) is 30.9 Å². The van der Waals surface area contributed by atoms with Crippen LogP contribution in [0, 0.1) is 17.5 Å². The molecule has 2 aliphatic heterocycles. The number of pyridine rings is 2. The highest BCUT2D eigenvalue weighted by molar-refractivity contribution is 6.05. The molecule has 3 N–H and O–H groups in total. The molecule has 0 spiro atoms. The first kappa shape index (κ1) is 29.9. The average molecular weight is 596 g/mol. The van der Waals surface area contributed by atoms with Crippen molar-refractivity contribution in [2.24, 2.45) is 0 Å². The van der Waals surface area contributed by atoms with E-state index in [1.54, 1.807) is 18.2 Å². The van der Waals surface area contributed by atoms with Crippen molar-refractivity contribution in [3.63, 3.8) is 0 Å². The van der Waals surface area contributed by atoms with Gasteiger partial charge in [0.15, 0.2) is 11.6 Å². The molecule has 12 heteroatoms. The molecule has 2 aromatic heterocycles. The number of carbonyl (C=O) groups is 1. The molecule has 0 radical (unpaired) electrons. The summed E-state index contributed by atoms with van der Waals surface area (Å²) in [6, 6.07) is 11.6. The summed E-state index contributed by atoms with van der Waals surface area (Å²) in [5.74, 6) is -3.46. The fraction of sp³-hybridized carbons (Fsp3) is 0.258. The third-order valence-electron chi connectivity index (χ3n) is 6.93. The van der Waals surface area contributed by atoms with Gasteiger partial charge < -0.3 is 20.7 Å². The summed E-state index contributed by atoms with van der Waals surface area (Å²) in [6.07, 6.45) is 5.98. The van der Waals surface area contributed by atoms with Crippen molar-refractivity contribution in [2.45, 2.75) is 25.4 Å². The summed E-state index contributed by atoms with van der Waals surface area (Å²) >= 11 is 0. The van der Waals surface area contributed by atoms with Gasteiger partial charge in [-0.3, -0.25) is 9.74 Å². The van der Waals surface area contributed by atoms with Crippen molar-refractivity contribution in [1.82, 2.24) is 20.6 Å². The molecule has 0 bridgehead atoms. The van der Waals surface area contributed by atoms with Crippen LogP contribution in [-0.2, 0) is 0 Å². The highest BCUT2D eigenvalue weighted by Crippen LogP contribution is 2.33. The number of halogens is 4. The molecule has 1 atom stereocenters. The van der Waals surface area contributed by atoms with Gasteiger partial charge in [-0.1, -0.05) is 18.2 Å². The summed E-state index contributed by atoms with van der Waals surface area (Å²) in [6.45, 7) is 3.98. The minimum Gasteiger partial charge on any atom is -0.473 e. The van der Waals surface area contributed by atoms with Gasteiger partial charge in [-0.15, -0.1) is 0 Å². The number of nitrogens with zero attached hydrogens (tertiary/aromatic N) is 2. The molecule has 8 nitrogen and oxygen atoms in total. The molecule has 0 saturated carbocycles. The average Bonchev–Trinajstić information content (AvgIpc) is 3.77. The minimum absolute atomic E-state index is 0.00813. The van der Waals surface area contributed by atoms with Gasteiger partial charge in [0, 0.05) is 28.4 Å². The number of carbonyl (C=O) groups excluding carboxylic acids is 1. The van der Waals surface area contributed by atoms with E-state index in [4.69, 9.17) is 4.74 Å².